The lowest BCUT2D eigenvalue weighted by molar-refractivity contribution is -0.158. The first-order valence-corrected chi connectivity index (χ1v) is 11.9. The third kappa shape index (κ3) is 6.37. The second-order valence-corrected chi connectivity index (χ2v) is 8.48. The van der Waals surface area contributed by atoms with E-state index in [9.17, 15) is 14.0 Å². The molecule has 0 heterocycles. The van der Waals surface area contributed by atoms with E-state index in [-0.39, 0.29) is 18.7 Å². The van der Waals surface area contributed by atoms with Gasteiger partial charge < -0.3 is 18.9 Å². The molecule has 4 rings (SSSR count). The summed E-state index contributed by atoms with van der Waals surface area (Å²) in [5.74, 6) is 0.0821. The highest BCUT2D eigenvalue weighted by Gasteiger charge is 2.18. The third-order valence-electron chi connectivity index (χ3n) is 6.08. The Morgan fingerprint density at radius 2 is 0.974 bits per heavy atom. The zero-order valence-corrected chi connectivity index (χ0v) is 21.3. The molecule has 0 saturated heterocycles. The number of esters is 2. The predicted molar refractivity (Wildman–Crippen MR) is 142 cm³/mol. The highest BCUT2D eigenvalue weighted by atomic mass is 19.1. The first-order chi connectivity index (χ1) is 18.4. The quantitative estimate of drug-likeness (QED) is 0.200. The van der Waals surface area contributed by atoms with Gasteiger partial charge in [-0.1, -0.05) is 36.4 Å². The fraction of sp³-hybridized carbons (Fsp3) is 0.161. The van der Waals surface area contributed by atoms with Gasteiger partial charge in [-0.15, -0.1) is 0 Å². The molecule has 0 aromatic heterocycles. The second-order valence-electron chi connectivity index (χ2n) is 8.48. The highest BCUT2D eigenvalue weighted by Crippen LogP contribution is 2.31. The van der Waals surface area contributed by atoms with Gasteiger partial charge in [-0.25, -0.2) is 4.39 Å². The van der Waals surface area contributed by atoms with Crippen LogP contribution in [0.5, 0.6) is 17.2 Å². The average molecular weight is 515 g/mol. The van der Waals surface area contributed by atoms with Crippen LogP contribution in [0.25, 0.3) is 22.3 Å². The van der Waals surface area contributed by atoms with E-state index in [1.165, 1.54) is 19.2 Å². The molecule has 0 N–H and O–H groups in total. The molecule has 0 aliphatic rings. The van der Waals surface area contributed by atoms with E-state index in [2.05, 4.69) is 0 Å². The van der Waals surface area contributed by atoms with E-state index in [1.807, 2.05) is 30.3 Å². The molecule has 7 heteroatoms. The largest absolute Gasteiger partial charge is 0.497 e. The van der Waals surface area contributed by atoms with E-state index < -0.39 is 11.9 Å². The Morgan fingerprint density at radius 3 is 1.39 bits per heavy atom. The lowest BCUT2D eigenvalue weighted by atomic mass is 9.97. The van der Waals surface area contributed by atoms with Gasteiger partial charge >= 0.3 is 11.9 Å². The fourth-order valence-corrected chi connectivity index (χ4v) is 4.16. The van der Waals surface area contributed by atoms with Crippen LogP contribution in [0.15, 0.2) is 84.9 Å². The summed E-state index contributed by atoms with van der Waals surface area (Å²) in [6.07, 6.45) is -0.299. The molecule has 0 spiro atoms. The van der Waals surface area contributed by atoms with Crippen LogP contribution in [-0.2, 0) is 27.2 Å². The number of carbonyl (C=O) groups excluding carboxylic acids is 2. The highest BCUT2D eigenvalue weighted by molar-refractivity contribution is 5.90. The van der Waals surface area contributed by atoms with Crippen molar-refractivity contribution in [3.05, 3.63) is 102 Å². The molecule has 0 amide bonds. The van der Waals surface area contributed by atoms with Crippen LogP contribution in [0.2, 0.25) is 0 Å². The summed E-state index contributed by atoms with van der Waals surface area (Å²) in [5, 5.41) is 0. The van der Waals surface area contributed by atoms with Crippen molar-refractivity contribution in [2.75, 3.05) is 21.3 Å². The zero-order chi connectivity index (χ0) is 27.1. The van der Waals surface area contributed by atoms with Gasteiger partial charge in [-0.2, -0.15) is 0 Å². The zero-order valence-electron chi connectivity index (χ0n) is 21.3. The lowest BCUT2D eigenvalue weighted by Crippen LogP contribution is -2.17. The van der Waals surface area contributed by atoms with Crippen LogP contribution in [-0.4, -0.2) is 33.3 Å². The number of halogens is 1. The van der Waals surface area contributed by atoms with Gasteiger partial charge in [0.05, 0.1) is 34.2 Å². The van der Waals surface area contributed by atoms with Crippen LogP contribution >= 0.6 is 0 Å². The van der Waals surface area contributed by atoms with Gasteiger partial charge in [-0.3, -0.25) is 9.59 Å². The van der Waals surface area contributed by atoms with Crippen LogP contribution in [0.4, 0.5) is 4.39 Å². The van der Waals surface area contributed by atoms with Crippen molar-refractivity contribution in [3.63, 3.8) is 0 Å². The van der Waals surface area contributed by atoms with E-state index in [4.69, 9.17) is 18.9 Å². The Balaban J connectivity index is 1.53. The monoisotopic (exact) mass is 514 g/mol. The number of benzene rings is 4. The normalized spacial score (nSPS) is 10.5. The molecule has 4 aromatic rings. The number of carbonyl (C=O) groups is 2. The molecule has 6 nitrogen and oxygen atoms in total. The Hall–Kier alpha value is -4.65. The van der Waals surface area contributed by atoms with Crippen molar-refractivity contribution in [3.8, 4) is 39.5 Å². The molecule has 194 valence electrons. The molecule has 0 bridgehead atoms. The molecule has 0 radical (unpaired) electrons. The van der Waals surface area contributed by atoms with Crippen molar-refractivity contribution in [1.82, 2.24) is 0 Å². The molecule has 0 aliphatic heterocycles. The Bertz CT molecular complexity index is 1430. The van der Waals surface area contributed by atoms with Gasteiger partial charge in [0.25, 0.3) is 0 Å². The van der Waals surface area contributed by atoms with Crippen molar-refractivity contribution >= 4 is 11.9 Å². The smallest absolute Gasteiger partial charge is 0.317 e. The van der Waals surface area contributed by atoms with Gasteiger partial charge in [0.15, 0.2) is 0 Å². The second kappa shape index (κ2) is 12.1. The molecular weight excluding hydrogens is 487 g/mol. The molecule has 0 saturated carbocycles. The van der Waals surface area contributed by atoms with Crippen LogP contribution in [0.3, 0.4) is 0 Å². The van der Waals surface area contributed by atoms with E-state index >= 15 is 0 Å². The summed E-state index contributed by atoms with van der Waals surface area (Å²) in [6.45, 7) is 0. The SMILES string of the molecule is COc1ccc(-c2ccc(OC)cc2CC(=O)OC(=O)Cc2cc(OC)ccc2-c2ccc(F)cc2)cc1. The standard InChI is InChI=1S/C31H27FO6/c1-35-25-10-6-21(7-11-25)29-15-13-27(37-3)17-23(29)19-31(34)38-30(33)18-22-16-26(36-2)12-14-28(22)20-4-8-24(32)9-5-20/h4-17H,18-19H2,1-3H3. The molecular formula is C31H27FO6. The molecule has 0 aliphatic carbocycles. The molecule has 0 atom stereocenters. The summed E-state index contributed by atoms with van der Waals surface area (Å²) in [4.78, 5) is 25.7. The topological polar surface area (TPSA) is 71.1 Å². The summed E-state index contributed by atoms with van der Waals surface area (Å²) < 4.78 is 34.5. The number of methoxy groups -OCH3 is 3. The number of rotatable bonds is 9. The first kappa shape index (κ1) is 26.4. The lowest BCUT2D eigenvalue weighted by Gasteiger charge is -2.13. The minimum atomic E-state index is -0.708. The van der Waals surface area contributed by atoms with Crippen molar-refractivity contribution < 1.29 is 32.9 Å². The molecule has 0 unspecified atom stereocenters. The Kier molecular flexibility index (Phi) is 8.38. The maximum absolute atomic E-state index is 13.4. The van der Waals surface area contributed by atoms with Gasteiger partial charge in [0.1, 0.15) is 23.1 Å². The summed E-state index contributed by atoms with van der Waals surface area (Å²) in [5.41, 5.74) is 4.37. The Labute approximate surface area is 220 Å². The van der Waals surface area contributed by atoms with Gasteiger partial charge in [0.2, 0.25) is 0 Å². The van der Waals surface area contributed by atoms with Gasteiger partial charge in [-0.05, 0) is 81.9 Å². The van der Waals surface area contributed by atoms with Crippen molar-refractivity contribution in [2.45, 2.75) is 12.8 Å². The van der Waals surface area contributed by atoms with E-state index in [0.29, 0.717) is 33.9 Å². The predicted octanol–water partition coefficient (Wildman–Crippen LogP) is 6.04. The Morgan fingerprint density at radius 1 is 0.579 bits per heavy atom. The maximum Gasteiger partial charge on any atom is 0.317 e. The van der Waals surface area contributed by atoms with E-state index in [1.54, 1.807) is 56.7 Å². The average Bonchev–Trinajstić information content (AvgIpc) is 2.93. The third-order valence-corrected chi connectivity index (χ3v) is 6.08. The summed E-state index contributed by atoms with van der Waals surface area (Å²) >= 11 is 0. The van der Waals surface area contributed by atoms with Crippen molar-refractivity contribution in [2.24, 2.45) is 0 Å². The number of hydrogen-bond donors (Lipinski definition) is 0. The number of hydrogen-bond acceptors (Lipinski definition) is 6. The minimum Gasteiger partial charge on any atom is -0.497 e. The summed E-state index contributed by atoms with van der Waals surface area (Å²) in [6, 6.07) is 24.0. The summed E-state index contributed by atoms with van der Waals surface area (Å²) in [7, 11) is 4.66. The van der Waals surface area contributed by atoms with Gasteiger partial charge in [0, 0.05) is 0 Å². The first-order valence-electron chi connectivity index (χ1n) is 11.9. The maximum atomic E-state index is 13.4. The fourth-order valence-electron chi connectivity index (χ4n) is 4.16. The van der Waals surface area contributed by atoms with Crippen molar-refractivity contribution in [1.29, 1.82) is 0 Å². The van der Waals surface area contributed by atoms with Crippen LogP contribution in [0, 0.1) is 5.82 Å². The molecule has 0 fully saturated rings. The molecule has 4 aromatic carbocycles. The molecule has 38 heavy (non-hydrogen) atoms. The number of ether oxygens (including phenoxy) is 4. The minimum absolute atomic E-state index is 0.132. The van der Waals surface area contributed by atoms with Crippen LogP contribution < -0.4 is 14.2 Å². The van der Waals surface area contributed by atoms with E-state index in [0.717, 1.165) is 16.7 Å². The van der Waals surface area contributed by atoms with Crippen LogP contribution in [0.1, 0.15) is 11.1 Å².